The first-order chi connectivity index (χ1) is 32.8. The van der Waals surface area contributed by atoms with Crippen LogP contribution in [-0.2, 0) is 42.7 Å². The summed E-state index contributed by atoms with van der Waals surface area (Å²) in [7, 11) is 0. The summed E-state index contributed by atoms with van der Waals surface area (Å²) in [6.45, 7) is 29.5. The SMILES string of the molecule is Cc1cc2c(cc1C)N(c1cc(C(C)(C)c3ccccc3)cc(C(C)(C)c3ccccc3)c1)[CH-]N2c1[c-]c(Oc2[c-]c3c(cc2)c2ccccc2n3-c2cc(C(C)(C)C)ccn2)cc(C(C)(C)C)c1.[CH3-].[Pt+4]. The van der Waals surface area contributed by atoms with E-state index in [1.165, 1.54) is 38.9 Å². The van der Waals surface area contributed by atoms with Gasteiger partial charge in [0.25, 0.3) is 0 Å². The smallest absolute Gasteiger partial charge is 0.509 e. The van der Waals surface area contributed by atoms with Gasteiger partial charge in [0.1, 0.15) is 5.82 Å². The number of nitrogens with zero attached hydrogens (tertiary/aromatic N) is 4. The molecule has 9 aromatic rings. The van der Waals surface area contributed by atoms with Gasteiger partial charge in [-0.3, -0.25) is 0 Å². The Balaban J connectivity index is 0.00000338. The van der Waals surface area contributed by atoms with Crippen LogP contribution in [0.1, 0.15) is 114 Å². The monoisotopic (exact) mass is 1110 g/mol. The summed E-state index contributed by atoms with van der Waals surface area (Å²) in [5.74, 6) is 2.09. The topological polar surface area (TPSA) is 33.5 Å². The van der Waals surface area contributed by atoms with Crippen molar-refractivity contribution in [1.29, 1.82) is 0 Å². The van der Waals surface area contributed by atoms with E-state index in [-0.39, 0.29) is 50.2 Å². The molecular weight excluding hydrogens is 1050 g/mol. The molecule has 0 fully saturated rings. The number of ether oxygens (including phenoxy) is 1. The Morgan fingerprint density at radius 1 is 0.493 bits per heavy atom. The quantitative estimate of drug-likeness (QED) is 0.135. The van der Waals surface area contributed by atoms with E-state index >= 15 is 0 Å². The first kappa shape index (κ1) is 50.9. The molecule has 0 atom stereocenters. The average molecular weight is 1110 g/mol. The van der Waals surface area contributed by atoms with Gasteiger partial charge in [0.15, 0.2) is 0 Å². The maximum Gasteiger partial charge on any atom is 4.00 e. The molecule has 1 aliphatic heterocycles. The number of benzene rings is 7. The van der Waals surface area contributed by atoms with Crippen LogP contribution in [0.4, 0.5) is 22.7 Å². The molecule has 1 aliphatic rings. The molecule has 362 valence electrons. The first-order valence-electron chi connectivity index (χ1n) is 24.3. The van der Waals surface area contributed by atoms with Crippen molar-refractivity contribution in [3.63, 3.8) is 0 Å². The fourth-order valence-electron chi connectivity index (χ4n) is 9.77. The van der Waals surface area contributed by atoms with E-state index in [0.29, 0.717) is 11.5 Å². The number of aromatic nitrogens is 2. The minimum Gasteiger partial charge on any atom is -0.509 e. The number of hydrogen-bond donors (Lipinski definition) is 0. The van der Waals surface area contributed by atoms with Gasteiger partial charge in [-0.15, -0.1) is 53.6 Å². The number of anilines is 4. The molecule has 0 amide bonds. The van der Waals surface area contributed by atoms with E-state index in [1.54, 1.807) is 0 Å². The molecule has 7 aromatic carbocycles. The molecule has 0 saturated heterocycles. The van der Waals surface area contributed by atoms with Crippen LogP contribution in [0.25, 0.3) is 27.6 Å². The Morgan fingerprint density at radius 3 is 1.65 bits per heavy atom. The Bertz CT molecular complexity index is 3320. The standard InChI is InChI=1S/C64H63N4O.CH3.Pt/c1-42-31-58-59(32-43(42)2)67(41-66(58)50-35-48(63(9,10)44-21-15-13-16-22-44)33-49(36-50)64(11,12)45-23-17-14-18-24-45)51-34-47(62(6,7)8)37-53(39-51)69-52-27-28-55-54-25-19-20-26-56(54)68(57(55)40-52)60-38-46(29-30-65-60)61(3,4)5;;/h13-38,41H,1-12H3;1H3;/q-3;-1;+4. The fraction of sp³-hybridized carbons (Fsp3) is 0.246. The molecule has 0 unspecified atom stereocenters. The fourth-order valence-corrected chi connectivity index (χ4v) is 9.77. The molecule has 2 aromatic heterocycles. The molecule has 0 aliphatic carbocycles. The normalized spacial score (nSPS) is 13.0. The van der Waals surface area contributed by atoms with Gasteiger partial charge in [-0.25, -0.2) is 4.98 Å². The minimum atomic E-state index is -0.271. The molecule has 0 radical (unpaired) electrons. The summed E-state index contributed by atoms with van der Waals surface area (Å²) in [5, 5.41) is 2.24. The van der Waals surface area contributed by atoms with Crippen LogP contribution >= 0.6 is 0 Å². The Labute approximate surface area is 437 Å². The second-order valence-corrected chi connectivity index (χ2v) is 22.1. The van der Waals surface area contributed by atoms with Crippen molar-refractivity contribution in [1.82, 2.24) is 9.55 Å². The third kappa shape index (κ3) is 9.47. The van der Waals surface area contributed by atoms with Crippen molar-refractivity contribution in [3.8, 4) is 17.3 Å². The molecule has 6 heteroatoms. The van der Waals surface area contributed by atoms with E-state index in [0.717, 1.165) is 55.9 Å². The first-order valence-corrected chi connectivity index (χ1v) is 24.3. The van der Waals surface area contributed by atoms with Gasteiger partial charge in [-0.2, -0.15) is 6.07 Å². The van der Waals surface area contributed by atoms with Crippen LogP contribution in [0.15, 0.2) is 158 Å². The van der Waals surface area contributed by atoms with Crippen LogP contribution in [0.5, 0.6) is 11.5 Å². The number of hydrogen-bond acceptors (Lipinski definition) is 4. The number of rotatable bonds is 9. The van der Waals surface area contributed by atoms with E-state index in [4.69, 9.17) is 9.72 Å². The molecule has 71 heavy (non-hydrogen) atoms. The summed E-state index contributed by atoms with van der Waals surface area (Å²) in [4.78, 5) is 9.57. The molecule has 10 rings (SSSR count). The predicted molar refractivity (Wildman–Crippen MR) is 295 cm³/mol. The van der Waals surface area contributed by atoms with Gasteiger partial charge in [-0.1, -0.05) is 160 Å². The zero-order chi connectivity index (χ0) is 48.6. The Kier molecular flexibility index (Phi) is 13.6. The van der Waals surface area contributed by atoms with Crippen LogP contribution in [0, 0.1) is 40.1 Å². The zero-order valence-electron chi connectivity index (χ0n) is 43.6. The zero-order valence-corrected chi connectivity index (χ0v) is 45.9. The number of aryl methyl sites for hydroxylation is 2. The van der Waals surface area contributed by atoms with Gasteiger partial charge >= 0.3 is 21.1 Å². The van der Waals surface area contributed by atoms with E-state index in [9.17, 15) is 0 Å². The van der Waals surface area contributed by atoms with Crippen molar-refractivity contribution >= 4 is 44.6 Å². The third-order valence-electron chi connectivity index (χ3n) is 14.5. The van der Waals surface area contributed by atoms with Gasteiger partial charge in [0.2, 0.25) is 0 Å². The van der Waals surface area contributed by atoms with E-state index < -0.39 is 0 Å². The summed E-state index contributed by atoms with van der Waals surface area (Å²) < 4.78 is 9.13. The summed E-state index contributed by atoms with van der Waals surface area (Å²) in [5.41, 5.74) is 15.3. The largest absolute Gasteiger partial charge is 4.00 e. The van der Waals surface area contributed by atoms with Gasteiger partial charge in [0, 0.05) is 51.1 Å². The van der Waals surface area contributed by atoms with Crippen LogP contribution in [-0.4, -0.2) is 9.55 Å². The molecule has 0 bridgehead atoms. The molecule has 3 heterocycles. The van der Waals surface area contributed by atoms with Gasteiger partial charge in [-0.05, 0) is 111 Å². The summed E-state index contributed by atoms with van der Waals surface area (Å²) >= 11 is 0. The molecule has 0 N–H and O–H groups in total. The van der Waals surface area contributed by atoms with Crippen LogP contribution in [0.2, 0.25) is 0 Å². The number of pyridine rings is 1. The van der Waals surface area contributed by atoms with Crippen molar-refractivity contribution in [2.75, 3.05) is 9.80 Å². The predicted octanol–water partition coefficient (Wildman–Crippen LogP) is 17.3. The van der Waals surface area contributed by atoms with Crippen molar-refractivity contribution in [2.45, 2.75) is 105 Å². The minimum absolute atomic E-state index is 0. The molecule has 0 spiro atoms. The van der Waals surface area contributed by atoms with Crippen molar-refractivity contribution < 1.29 is 25.8 Å². The second kappa shape index (κ2) is 19.0. The molecule has 5 nitrogen and oxygen atoms in total. The Hall–Kier alpha value is -6.42. The average Bonchev–Trinajstić information content (AvgIpc) is 3.86. The number of para-hydroxylation sites is 1. The summed E-state index contributed by atoms with van der Waals surface area (Å²) in [6, 6.07) is 62.5. The molecule has 0 saturated carbocycles. The maximum atomic E-state index is 6.92. The molecular formula is C65H66N4OPt. The second-order valence-electron chi connectivity index (χ2n) is 22.1. The Morgan fingerprint density at radius 2 is 1.06 bits per heavy atom. The van der Waals surface area contributed by atoms with Crippen molar-refractivity contribution in [3.05, 3.63) is 229 Å². The number of fused-ring (bicyclic) bond motifs is 4. The summed E-state index contributed by atoms with van der Waals surface area (Å²) in [6.07, 6.45) is 1.91. The maximum absolute atomic E-state index is 6.92. The van der Waals surface area contributed by atoms with Crippen molar-refractivity contribution in [2.24, 2.45) is 0 Å². The van der Waals surface area contributed by atoms with Crippen LogP contribution < -0.4 is 14.5 Å². The third-order valence-corrected chi connectivity index (χ3v) is 14.5. The van der Waals surface area contributed by atoms with E-state index in [2.05, 4.69) is 262 Å². The van der Waals surface area contributed by atoms with Gasteiger partial charge < -0.3 is 26.5 Å². The van der Waals surface area contributed by atoms with Crippen LogP contribution in [0.3, 0.4) is 0 Å². The van der Waals surface area contributed by atoms with E-state index in [1.807, 2.05) is 12.3 Å². The van der Waals surface area contributed by atoms with Gasteiger partial charge in [0.05, 0.1) is 0 Å².